The third kappa shape index (κ3) is 4.74. The van der Waals surface area contributed by atoms with E-state index in [1.165, 1.54) is 0 Å². The van der Waals surface area contributed by atoms with E-state index < -0.39 is 4.75 Å². The fraction of sp³-hybridized carbons (Fsp3) is 0.588. The second-order valence-corrected chi connectivity index (χ2v) is 8.97. The first kappa shape index (κ1) is 17.8. The molecule has 1 aliphatic heterocycles. The number of nitrogens with one attached hydrogen (secondary N) is 1. The molecule has 122 valence electrons. The Morgan fingerprint density at radius 3 is 2.45 bits per heavy atom. The maximum absolute atomic E-state index is 12.8. The third-order valence-corrected chi connectivity index (χ3v) is 5.82. The minimum atomic E-state index is -0.427. The minimum absolute atomic E-state index is 0.253. The normalized spacial score (nSPS) is 16.8. The molecule has 1 fully saturated rings. The number of likely N-dealkylation sites (tertiary alicyclic amines) is 1. The summed E-state index contributed by atoms with van der Waals surface area (Å²) in [6.07, 6.45) is 2.21. The summed E-state index contributed by atoms with van der Waals surface area (Å²) < 4.78 is 0.636. The summed E-state index contributed by atoms with van der Waals surface area (Å²) in [5.74, 6) is 0.958. The number of rotatable bonds is 5. The van der Waals surface area contributed by atoms with Crippen LogP contribution in [0.1, 0.15) is 26.7 Å². The summed E-state index contributed by atoms with van der Waals surface area (Å²) in [6.45, 7) is 6.88. The van der Waals surface area contributed by atoms with E-state index in [-0.39, 0.29) is 5.91 Å². The summed E-state index contributed by atoms with van der Waals surface area (Å²) in [5, 5.41) is 3.24. The zero-order chi connectivity index (χ0) is 16.2. The number of thioether (sulfide) groups is 1. The lowest BCUT2D eigenvalue weighted by Crippen LogP contribution is -2.47. The van der Waals surface area contributed by atoms with E-state index in [1.807, 2.05) is 37.9 Å². The molecule has 0 bridgehead atoms. The Hall–Kier alpha value is -0.520. The van der Waals surface area contributed by atoms with Gasteiger partial charge in [-0.25, -0.2) is 0 Å². The molecule has 1 saturated heterocycles. The lowest BCUT2D eigenvalue weighted by Gasteiger charge is -2.36. The summed E-state index contributed by atoms with van der Waals surface area (Å²) in [6, 6.07) is 8.16. The molecule has 1 heterocycles. The molecule has 1 amide bonds. The van der Waals surface area contributed by atoms with E-state index in [9.17, 15) is 4.79 Å². The summed E-state index contributed by atoms with van der Waals surface area (Å²) in [7, 11) is 2.00. The Kier molecular flexibility index (Phi) is 6.36. The zero-order valence-electron chi connectivity index (χ0n) is 13.6. The average molecular weight is 385 g/mol. The number of carbonyl (C=O) groups is 1. The van der Waals surface area contributed by atoms with Gasteiger partial charge in [-0.3, -0.25) is 4.79 Å². The van der Waals surface area contributed by atoms with Crippen LogP contribution in [0.4, 0.5) is 0 Å². The maximum Gasteiger partial charge on any atom is 0.238 e. The molecule has 0 radical (unpaired) electrons. The van der Waals surface area contributed by atoms with E-state index in [0.29, 0.717) is 5.92 Å². The van der Waals surface area contributed by atoms with Crippen molar-refractivity contribution >= 4 is 33.6 Å². The largest absolute Gasteiger partial charge is 0.341 e. The van der Waals surface area contributed by atoms with Gasteiger partial charge in [0.2, 0.25) is 5.91 Å². The Bertz CT molecular complexity index is 496. The van der Waals surface area contributed by atoms with Crippen molar-refractivity contribution in [3.63, 3.8) is 0 Å². The maximum atomic E-state index is 12.8. The van der Waals surface area contributed by atoms with Gasteiger partial charge in [0.1, 0.15) is 0 Å². The standard InChI is InChI=1S/C17H25BrN2OS/c1-17(2,22-15-6-4-14(18)5-7-15)16(21)20-10-8-13(9-11-20)12-19-3/h4-7,13,19H,8-12H2,1-3H3. The van der Waals surface area contributed by atoms with Gasteiger partial charge < -0.3 is 10.2 Å². The molecule has 0 saturated carbocycles. The molecule has 5 heteroatoms. The van der Waals surface area contributed by atoms with E-state index in [4.69, 9.17) is 0 Å². The highest BCUT2D eigenvalue weighted by molar-refractivity contribution is 9.10. The van der Waals surface area contributed by atoms with Crippen molar-refractivity contribution in [3.8, 4) is 0 Å². The van der Waals surface area contributed by atoms with Crippen LogP contribution >= 0.6 is 27.7 Å². The van der Waals surface area contributed by atoms with Gasteiger partial charge in [0, 0.05) is 22.5 Å². The van der Waals surface area contributed by atoms with Gasteiger partial charge in [-0.15, -0.1) is 11.8 Å². The van der Waals surface area contributed by atoms with Crippen LogP contribution < -0.4 is 5.32 Å². The van der Waals surface area contributed by atoms with Crippen LogP contribution in [-0.4, -0.2) is 42.2 Å². The second kappa shape index (κ2) is 7.84. The summed E-state index contributed by atoms with van der Waals surface area (Å²) in [4.78, 5) is 16.0. The molecule has 0 atom stereocenters. The van der Waals surface area contributed by atoms with Crippen LogP contribution in [0.3, 0.4) is 0 Å². The molecule has 0 aromatic heterocycles. The molecule has 1 aromatic carbocycles. The first-order valence-corrected chi connectivity index (χ1v) is 9.42. The van der Waals surface area contributed by atoms with Crippen molar-refractivity contribution in [1.29, 1.82) is 0 Å². The minimum Gasteiger partial charge on any atom is -0.341 e. The Morgan fingerprint density at radius 1 is 1.32 bits per heavy atom. The van der Waals surface area contributed by atoms with Crippen molar-refractivity contribution < 1.29 is 4.79 Å². The molecule has 1 aromatic rings. The van der Waals surface area contributed by atoms with Gasteiger partial charge in [-0.05, 0) is 70.5 Å². The Morgan fingerprint density at radius 2 is 1.91 bits per heavy atom. The number of hydrogen-bond acceptors (Lipinski definition) is 3. The Labute approximate surface area is 146 Å². The van der Waals surface area contributed by atoms with Gasteiger partial charge in [0.05, 0.1) is 4.75 Å². The van der Waals surface area contributed by atoms with Gasteiger partial charge in [0.25, 0.3) is 0 Å². The number of amides is 1. The van der Waals surface area contributed by atoms with Gasteiger partial charge in [0.15, 0.2) is 0 Å². The van der Waals surface area contributed by atoms with Crippen LogP contribution in [0.5, 0.6) is 0 Å². The highest BCUT2D eigenvalue weighted by atomic mass is 79.9. The molecule has 0 spiro atoms. The summed E-state index contributed by atoms with van der Waals surface area (Å²) >= 11 is 5.09. The molecule has 1 N–H and O–H groups in total. The molecule has 22 heavy (non-hydrogen) atoms. The van der Waals surface area contributed by atoms with Crippen LogP contribution in [0.2, 0.25) is 0 Å². The number of piperidine rings is 1. The monoisotopic (exact) mass is 384 g/mol. The molecule has 0 unspecified atom stereocenters. The van der Waals surface area contributed by atoms with E-state index in [0.717, 1.165) is 41.8 Å². The highest BCUT2D eigenvalue weighted by Crippen LogP contribution is 2.35. The smallest absolute Gasteiger partial charge is 0.238 e. The second-order valence-electron chi connectivity index (χ2n) is 6.36. The van der Waals surface area contributed by atoms with Crippen molar-refractivity contribution in [2.75, 3.05) is 26.7 Å². The van der Waals surface area contributed by atoms with Crippen molar-refractivity contribution in [1.82, 2.24) is 10.2 Å². The number of nitrogens with zero attached hydrogens (tertiary/aromatic N) is 1. The molecule has 0 aliphatic carbocycles. The number of hydrogen-bond donors (Lipinski definition) is 1. The van der Waals surface area contributed by atoms with Crippen LogP contribution in [0, 0.1) is 5.92 Å². The molecule has 2 rings (SSSR count). The van der Waals surface area contributed by atoms with Gasteiger partial charge >= 0.3 is 0 Å². The topological polar surface area (TPSA) is 32.3 Å². The van der Waals surface area contributed by atoms with Crippen molar-refractivity contribution in [2.45, 2.75) is 36.3 Å². The predicted molar refractivity (Wildman–Crippen MR) is 97.3 cm³/mol. The zero-order valence-corrected chi connectivity index (χ0v) is 16.0. The fourth-order valence-electron chi connectivity index (χ4n) is 2.85. The first-order valence-electron chi connectivity index (χ1n) is 7.81. The molecule has 1 aliphatic rings. The van der Waals surface area contributed by atoms with Crippen LogP contribution in [0.15, 0.2) is 33.6 Å². The first-order chi connectivity index (χ1) is 10.4. The number of halogens is 1. The number of benzene rings is 1. The van der Waals surface area contributed by atoms with Gasteiger partial charge in [-0.2, -0.15) is 0 Å². The van der Waals surface area contributed by atoms with Crippen molar-refractivity contribution in [2.24, 2.45) is 5.92 Å². The van der Waals surface area contributed by atoms with Crippen LogP contribution in [-0.2, 0) is 4.79 Å². The van der Waals surface area contributed by atoms with E-state index in [2.05, 4.69) is 33.4 Å². The average Bonchev–Trinajstić information content (AvgIpc) is 2.50. The fourth-order valence-corrected chi connectivity index (χ4v) is 4.19. The predicted octanol–water partition coefficient (Wildman–Crippen LogP) is 3.78. The third-order valence-electron chi connectivity index (χ3n) is 4.10. The quantitative estimate of drug-likeness (QED) is 0.783. The summed E-state index contributed by atoms with van der Waals surface area (Å²) in [5.41, 5.74) is 0. The molecular weight excluding hydrogens is 360 g/mol. The van der Waals surface area contributed by atoms with Crippen LogP contribution in [0.25, 0.3) is 0 Å². The van der Waals surface area contributed by atoms with Gasteiger partial charge in [-0.1, -0.05) is 15.9 Å². The SMILES string of the molecule is CNCC1CCN(C(=O)C(C)(C)Sc2ccc(Br)cc2)CC1. The molecule has 3 nitrogen and oxygen atoms in total. The van der Waals surface area contributed by atoms with Crippen molar-refractivity contribution in [3.05, 3.63) is 28.7 Å². The van der Waals surface area contributed by atoms with E-state index in [1.54, 1.807) is 11.8 Å². The molecular formula is C17H25BrN2OS. The lowest BCUT2D eigenvalue weighted by molar-refractivity contribution is -0.134. The lowest BCUT2D eigenvalue weighted by atomic mass is 9.96. The highest BCUT2D eigenvalue weighted by Gasteiger charge is 2.34. The Balaban J connectivity index is 1.94. The van der Waals surface area contributed by atoms with E-state index >= 15 is 0 Å². The number of carbonyl (C=O) groups excluding carboxylic acids is 1.